The number of aromatic nitrogens is 4. The van der Waals surface area contributed by atoms with Gasteiger partial charge in [-0.3, -0.25) is 4.79 Å². The maximum atomic E-state index is 13.4. The van der Waals surface area contributed by atoms with Crippen molar-refractivity contribution in [2.24, 2.45) is 0 Å². The minimum atomic E-state index is -1.11. The zero-order valence-electron chi connectivity index (χ0n) is 15.7. The number of carbonyl (C=O) groups is 1. The molecule has 0 unspecified atom stereocenters. The molecule has 1 atom stereocenters. The summed E-state index contributed by atoms with van der Waals surface area (Å²) < 4.78 is 21.3. The second-order valence-corrected chi connectivity index (χ2v) is 6.60. The molecule has 148 valence electrons. The van der Waals surface area contributed by atoms with Crippen LogP contribution in [-0.4, -0.2) is 37.4 Å². The summed E-state index contributed by atoms with van der Waals surface area (Å²) in [5.41, 5.74) is 2.48. The lowest BCUT2D eigenvalue weighted by molar-refractivity contribution is -0.140. The second kappa shape index (κ2) is 7.10. The Bertz CT molecular complexity index is 1290. The third kappa shape index (κ3) is 3.05. The monoisotopic (exact) mass is 396 g/mol. The van der Waals surface area contributed by atoms with E-state index in [-0.39, 0.29) is 17.8 Å². The van der Waals surface area contributed by atoms with Gasteiger partial charge in [0.05, 0.1) is 28.8 Å². The van der Waals surface area contributed by atoms with Crippen LogP contribution >= 0.6 is 0 Å². The molecule has 0 aliphatic carbocycles. The van der Waals surface area contributed by atoms with E-state index in [1.807, 2.05) is 0 Å². The summed E-state index contributed by atoms with van der Waals surface area (Å²) in [5, 5.41) is 14.0. The fraction of sp³-hybridized carbons (Fsp3) is 0.200. The number of pyridine rings is 1. The molecule has 0 fully saturated rings. The number of carboxylic acid groups (broad SMARTS) is 1. The van der Waals surface area contributed by atoms with Crippen molar-refractivity contribution in [3.63, 3.8) is 0 Å². The molecule has 0 aliphatic heterocycles. The van der Waals surface area contributed by atoms with Crippen LogP contribution in [0.1, 0.15) is 18.7 Å². The van der Waals surface area contributed by atoms with Gasteiger partial charge in [0, 0.05) is 19.5 Å². The summed E-state index contributed by atoms with van der Waals surface area (Å²) in [6.07, 6.45) is 2.83. The van der Waals surface area contributed by atoms with Gasteiger partial charge < -0.3 is 14.4 Å². The molecule has 0 radical (unpaired) electrons. The minimum absolute atomic E-state index is 0.199. The van der Waals surface area contributed by atoms with Crippen molar-refractivity contribution in [3.8, 4) is 11.1 Å². The number of aliphatic carboxylic acids is 1. The summed E-state index contributed by atoms with van der Waals surface area (Å²) in [6, 6.07) is 6.57. The number of carboxylic acids is 1. The first-order valence-electron chi connectivity index (χ1n) is 8.81. The average molecular weight is 396 g/mol. The molecule has 4 rings (SSSR count). The highest BCUT2D eigenvalue weighted by Crippen LogP contribution is 2.29. The van der Waals surface area contributed by atoms with Crippen LogP contribution in [0.4, 0.5) is 4.39 Å². The van der Waals surface area contributed by atoms with Crippen LogP contribution in [0.15, 0.2) is 47.5 Å². The summed E-state index contributed by atoms with van der Waals surface area (Å²) in [4.78, 5) is 28.5. The van der Waals surface area contributed by atoms with Gasteiger partial charge in [0.15, 0.2) is 5.65 Å². The topological polar surface area (TPSA) is 98.7 Å². The molecule has 0 bridgehead atoms. The highest BCUT2D eigenvalue weighted by molar-refractivity contribution is 5.86. The Kier molecular flexibility index (Phi) is 4.59. The number of ether oxygens (including phenoxy) is 1. The Labute approximate surface area is 163 Å². The first-order valence-corrected chi connectivity index (χ1v) is 8.81. The molecular weight excluding hydrogens is 379 g/mol. The van der Waals surface area contributed by atoms with Crippen LogP contribution in [-0.2, 0) is 16.1 Å². The highest BCUT2D eigenvalue weighted by Gasteiger charge is 2.20. The lowest BCUT2D eigenvalue weighted by Gasteiger charge is -2.11. The first kappa shape index (κ1) is 18.8. The number of halogens is 1. The third-order valence-corrected chi connectivity index (χ3v) is 4.80. The molecule has 9 heteroatoms. The van der Waals surface area contributed by atoms with Crippen molar-refractivity contribution in [1.82, 2.24) is 19.2 Å². The fourth-order valence-electron chi connectivity index (χ4n) is 3.30. The van der Waals surface area contributed by atoms with Gasteiger partial charge in [-0.2, -0.15) is 5.10 Å². The number of benzene rings is 1. The van der Waals surface area contributed by atoms with Gasteiger partial charge in [-0.25, -0.2) is 18.7 Å². The van der Waals surface area contributed by atoms with E-state index in [1.165, 1.54) is 43.1 Å². The molecule has 0 saturated carbocycles. The number of fused-ring (bicyclic) bond motifs is 3. The Balaban J connectivity index is 2.01. The molecule has 0 saturated heterocycles. The summed E-state index contributed by atoms with van der Waals surface area (Å²) in [7, 11) is 1.54. The molecule has 4 aromatic rings. The predicted octanol–water partition coefficient (Wildman–Crippen LogP) is 2.64. The van der Waals surface area contributed by atoms with E-state index in [9.17, 15) is 19.1 Å². The zero-order valence-corrected chi connectivity index (χ0v) is 15.7. The molecule has 29 heavy (non-hydrogen) atoms. The standard InChI is InChI=1S/C20H17FN4O4/c1-11(20(27)28)24-8-7-16-14(19(24)26)9-22-18-17(12-3-5-13(21)6-4-12)15(10-29-2)23-25(16)18/h3-9,11H,10H2,1-2H3,(H,27,28)/t11-/m0/s1. The van der Waals surface area contributed by atoms with E-state index in [2.05, 4.69) is 10.1 Å². The summed E-state index contributed by atoms with van der Waals surface area (Å²) >= 11 is 0. The van der Waals surface area contributed by atoms with Crippen LogP contribution in [0, 0.1) is 5.82 Å². The molecular formula is C20H17FN4O4. The molecule has 0 aliphatic rings. The lowest BCUT2D eigenvalue weighted by atomic mass is 10.1. The Morgan fingerprint density at radius 3 is 2.66 bits per heavy atom. The van der Waals surface area contributed by atoms with Crippen molar-refractivity contribution in [1.29, 1.82) is 0 Å². The van der Waals surface area contributed by atoms with Gasteiger partial charge in [-0.15, -0.1) is 0 Å². The van der Waals surface area contributed by atoms with E-state index in [4.69, 9.17) is 4.74 Å². The number of methoxy groups -OCH3 is 1. The molecule has 1 aromatic carbocycles. The summed E-state index contributed by atoms with van der Waals surface area (Å²) in [5.74, 6) is -1.47. The molecule has 3 heterocycles. The molecule has 8 nitrogen and oxygen atoms in total. The minimum Gasteiger partial charge on any atom is -0.480 e. The van der Waals surface area contributed by atoms with Crippen LogP contribution < -0.4 is 5.56 Å². The van der Waals surface area contributed by atoms with Gasteiger partial charge in [-0.05, 0) is 30.7 Å². The number of rotatable bonds is 5. The van der Waals surface area contributed by atoms with Gasteiger partial charge in [0.2, 0.25) is 0 Å². The van der Waals surface area contributed by atoms with Gasteiger partial charge in [-0.1, -0.05) is 12.1 Å². The smallest absolute Gasteiger partial charge is 0.326 e. The molecule has 3 aromatic heterocycles. The molecule has 1 N–H and O–H groups in total. The largest absolute Gasteiger partial charge is 0.480 e. The fourth-order valence-corrected chi connectivity index (χ4v) is 3.30. The van der Waals surface area contributed by atoms with Crippen molar-refractivity contribution < 1.29 is 19.0 Å². The zero-order chi connectivity index (χ0) is 20.7. The van der Waals surface area contributed by atoms with Gasteiger partial charge >= 0.3 is 5.97 Å². The number of hydrogen-bond acceptors (Lipinski definition) is 5. The normalized spacial score (nSPS) is 12.5. The second-order valence-electron chi connectivity index (χ2n) is 6.60. The molecule has 0 spiro atoms. The quantitative estimate of drug-likeness (QED) is 0.557. The summed E-state index contributed by atoms with van der Waals surface area (Å²) in [6.45, 7) is 1.63. The van der Waals surface area contributed by atoms with Gasteiger partial charge in [0.25, 0.3) is 5.56 Å². The predicted molar refractivity (Wildman–Crippen MR) is 103 cm³/mol. The van der Waals surface area contributed by atoms with E-state index in [0.29, 0.717) is 28.0 Å². The number of nitrogens with zero attached hydrogens (tertiary/aromatic N) is 4. The van der Waals surface area contributed by atoms with Gasteiger partial charge in [0.1, 0.15) is 11.9 Å². The maximum absolute atomic E-state index is 13.4. The van der Waals surface area contributed by atoms with E-state index in [1.54, 1.807) is 18.2 Å². The van der Waals surface area contributed by atoms with E-state index >= 15 is 0 Å². The van der Waals surface area contributed by atoms with Crippen LogP contribution in [0.2, 0.25) is 0 Å². The lowest BCUT2D eigenvalue weighted by Crippen LogP contribution is -2.28. The highest BCUT2D eigenvalue weighted by atomic mass is 19.1. The van der Waals surface area contributed by atoms with Crippen molar-refractivity contribution >= 4 is 22.5 Å². The number of hydrogen-bond donors (Lipinski definition) is 1. The first-order chi connectivity index (χ1) is 13.9. The van der Waals surface area contributed by atoms with Crippen molar-refractivity contribution in [2.75, 3.05) is 7.11 Å². The Hall–Kier alpha value is -3.59. The van der Waals surface area contributed by atoms with E-state index < -0.39 is 17.6 Å². The maximum Gasteiger partial charge on any atom is 0.326 e. The average Bonchev–Trinajstić information content (AvgIpc) is 3.07. The molecule has 0 amide bonds. The van der Waals surface area contributed by atoms with Crippen LogP contribution in [0.5, 0.6) is 0 Å². The van der Waals surface area contributed by atoms with Crippen LogP contribution in [0.25, 0.3) is 27.7 Å². The Morgan fingerprint density at radius 2 is 2.00 bits per heavy atom. The van der Waals surface area contributed by atoms with Crippen LogP contribution in [0.3, 0.4) is 0 Å². The SMILES string of the molecule is COCc1nn2c(ncc3c(=O)n([C@@H](C)C(=O)O)ccc32)c1-c1ccc(F)cc1. The van der Waals surface area contributed by atoms with Crippen molar-refractivity contribution in [2.45, 2.75) is 19.6 Å². The Morgan fingerprint density at radius 1 is 1.28 bits per heavy atom. The van der Waals surface area contributed by atoms with E-state index in [0.717, 1.165) is 4.57 Å². The third-order valence-electron chi connectivity index (χ3n) is 4.80. The van der Waals surface area contributed by atoms with Crippen molar-refractivity contribution in [3.05, 3.63) is 64.6 Å².